The predicted molar refractivity (Wildman–Crippen MR) is 182 cm³/mol. The first-order valence-corrected chi connectivity index (χ1v) is 17.4. The summed E-state index contributed by atoms with van der Waals surface area (Å²) in [4.78, 5) is 17.2. The van der Waals surface area contributed by atoms with Crippen molar-refractivity contribution in [1.29, 1.82) is 0 Å². The number of aromatic nitrogens is 1. The van der Waals surface area contributed by atoms with Crippen molar-refractivity contribution in [2.75, 3.05) is 39.3 Å². The molecule has 3 aliphatic rings. The summed E-state index contributed by atoms with van der Waals surface area (Å²) in [5.41, 5.74) is 4.15. The Bertz CT molecular complexity index is 1860. The summed E-state index contributed by atoms with van der Waals surface area (Å²) in [6, 6.07) is 18.6. The van der Waals surface area contributed by atoms with E-state index >= 15 is 0 Å². The van der Waals surface area contributed by atoms with Crippen molar-refractivity contribution >= 4 is 16.8 Å². The highest BCUT2D eigenvalue weighted by molar-refractivity contribution is 5.96. The zero-order chi connectivity index (χ0) is 36.5. The third-order valence-electron chi connectivity index (χ3n) is 10.0. The molecular formula is C37H40F6N6O3. The molecule has 3 fully saturated rings. The van der Waals surface area contributed by atoms with Crippen LogP contribution >= 0.6 is 0 Å². The van der Waals surface area contributed by atoms with Gasteiger partial charge in [-0.25, -0.2) is 0 Å². The zero-order valence-electron chi connectivity index (χ0n) is 28.3. The van der Waals surface area contributed by atoms with Gasteiger partial charge in [0, 0.05) is 99.2 Å². The van der Waals surface area contributed by atoms with Crippen LogP contribution in [-0.4, -0.2) is 90.4 Å². The normalized spacial score (nSPS) is 21.2. The van der Waals surface area contributed by atoms with Crippen LogP contribution in [0.1, 0.15) is 24.0 Å². The molecule has 278 valence electrons. The number of amides is 1. The van der Waals surface area contributed by atoms with Crippen LogP contribution in [0.25, 0.3) is 22.0 Å². The Balaban J connectivity index is 1.05. The van der Waals surface area contributed by atoms with Gasteiger partial charge in [0.15, 0.2) is 0 Å². The molecule has 7 rings (SSSR count). The van der Waals surface area contributed by atoms with Crippen molar-refractivity contribution < 1.29 is 40.6 Å². The first-order chi connectivity index (χ1) is 24.9. The number of para-hydroxylation sites is 1. The van der Waals surface area contributed by atoms with E-state index in [0.29, 0.717) is 44.7 Å². The van der Waals surface area contributed by atoms with Gasteiger partial charge in [0.25, 0.3) is 0 Å². The van der Waals surface area contributed by atoms with E-state index in [1.165, 1.54) is 24.3 Å². The highest BCUT2D eigenvalue weighted by Crippen LogP contribution is 2.37. The Labute approximate surface area is 296 Å². The van der Waals surface area contributed by atoms with Crippen molar-refractivity contribution in [3.8, 4) is 22.6 Å². The number of benzene rings is 3. The molecule has 3 aliphatic heterocycles. The van der Waals surface area contributed by atoms with Crippen molar-refractivity contribution in [1.82, 2.24) is 30.3 Å². The van der Waals surface area contributed by atoms with Gasteiger partial charge in [-0.15, -0.1) is 26.3 Å². The first-order valence-electron chi connectivity index (χ1n) is 17.4. The number of hydrogen-bond acceptors (Lipinski definition) is 7. The maximum absolute atomic E-state index is 13.0. The molecule has 3 aromatic carbocycles. The molecular weight excluding hydrogens is 690 g/mol. The molecule has 0 spiro atoms. The highest BCUT2D eigenvalue weighted by Gasteiger charge is 2.43. The number of carbonyl (C=O) groups excluding carboxylic acids is 1. The van der Waals surface area contributed by atoms with Crippen LogP contribution in [0.15, 0.2) is 72.9 Å². The number of nitrogens with one attached hydrogen (secondary N) is 3. The number of alkyl halides is 6. The van der Waals surface area contributed by atoms with E-state index in [1.807, 2.05) is 6.20 Å². The number of carbonyl (C=O) groups is 1. The molecule has 0 radical (unpaired) electrons. The Hall–Kier alpha value is -4.31. The van der Waals surface area contributed by atoms with Gasteiger partial charge in [0.2, 0.25) is 5.91 Å². The second kappa shape index (κ2) is 15.0. The fourth-order valence-electron chi connectivity index (χ4n) is 7.65. The smallest absolute Gasteiger partial charge is 0.406 e. The third-order valence-corrected chi connectivity index (χ3v) is 10.0. The Morgan fingerprint density at radius 3 is 2.29 bits per heavy atom. The largest absolute Gasteiger partial charge is 0.573 e. The molecule has 3 saturated heterocycles. The maximum atomic E-state index is 13.0. The minimum absolute atomic E-state index is 0.0462. The summed E-state index contributed by atoms with van der Waals surface area (Å²) in [6.45, 7) is 5.80. The number of ether oxygens (including phenoxy) is 2. The number of nitrogens with zero attached hydrogens (tertiary/aromatic N) is 3. The third kappa shape index (κ3) is 8.65. The van der Waals surface area contributed by atoms with Crippen molar-refractivity contribution in [2.24, 2.45) is 0 Å². The van der Waals surface area contributed by atoms with E-state index in [4.69, 9.17) is 0 Å². The zero-order valence-corrected chi connectivity index (χ0v) is 28.3. The highest BCUT2D eigenvalue weighted by atomic mass is 19.4. The summed E-state index contributed by atoms with van der Waals surface area (Å²) < 4.78 is 87.9. The lowest BCUT2D eigenvalue weighted by molar-refractivity contribution is -0.275. The minimum Gasteiger partial charge on any atom is -0.406 e. The van der Waals surface area contributed by atoms with Gasteiger partial charge < -0.3 is 30.0 Å². The SMILES string of the molecule is O=C(NCCCn1cc(-c2ccc(OC(F)(F)F)cc2)c2cc(CN3CC4CC3CN4Cc3ccccc3OC(F)(F)F)ccc21)C1CNCCN1. The molecule has 0 aliphatic carbocycles. The molecule has 3 unspecified atom stereocenters. The standard InChI is InChI=1S/C37H40F6N6O3/c38-36(39,40)51-29-9-7-25(8-10-29)31-23-47(15-3-12-46-35(50)32-18-44-13-14-45-32)33-11-6-24(16-30(31)33)19-48-21-28-17-27(48)22-49(28)20-26-4-1-2-5-34(26)52-37(41,42)43/h1-2,4-11,16,23,27-28,32,44-45H,3,12-15,17-22H2,(H,46,50). The van der Waals surface area contributed by atoms with E-state index in [-0.39, 0.29) is 35.5 Å². The molecule has 1 amide bonds. The van der Waals surface area contributed by atoms with Gasteiger partial charge in [-0.05, 0) is 54.3 Å². The van der Waals surface area contributed by atoms with Gasteiger partial charge in [-0.1, -0.05) is 36.4 Å². The van der Waals surface area contributed by atoms with E-state index in [9.17, 15) is 31.1 Å². The fraction of sp³-hybridized carbons (Fsp3) is 0.432. The number of halogens is 6. The molecule has 3 N–H and O–H groups in total. The molecule has 9 nitrogen and oxygen atoms in total. The van der Waals surface area contributed by atoms with E-state index < -0.39 is 12.7 Å². The number of likely N-dealkylation sites (tertiary alicyclic amines) is 2. The van der Waals surface area contributed by atoms with E-state index in [1.54, 1.807) is 24.3 Å². The monoisotopic (exact) mass is 730 g/mol. The lowest BCUT2D eigenvalue weighted by atomic mass is 10.0. The van der Waals surface area contributed by atoms with Crippen LogP contribution in [0.3, 0.4) is 0 Å². The number of hydrogen-bond donors (Lipinski definition) is 3. The second-order valence-corrected chi connectivity index (χ2v) is 13.6. The Morgan fingerprint density at radius 2 is 1.60 bits per heavy atom. The van der Waals surface area contributed by atoms with Crippen molar-refractivity contribution in [3.63, 3.8) is 0 Å². The quantitative estimate of drug-likeness (QED) is 0.129. The number of rotatable bonds is 12. The van der Waals surface area contributed by atoms with Crippen LogP contribution in [0.4, 0.5) is 26.3 Å². The van der Waals surface area contributed by atoms with Crippen LogP contribution < -0.4 is 25.4 Å². The second-order valence-electron chi connectivity index (χ2n) is 13.6. The van der Waals surface area contributed by atoms with Crippen LogP contribution in [0.2, 0.25) is 0 Å². The molecule has 52 heavy (non-hydrogen) atoms. The van der Waals surface area contributed by atoms with Crippen LogP contribution in [0.5, 0.6) is 11.5 Å². The summed E-state index contributed by atoms with van der Waals surface area (Å²) in [5, 5.41) is 10.4. The predicted octanol–water partition coefficient (Wildman–Crippen LogP) is 5.63. The summed E-state index contributed by atoms with van der Waals surface area (Å²) in [7, 11) is 0. The van der Waals surface area contributed by atoms with E-state index in [0.717, 1.165) is 60.2 Å². The van der Waals surface area contributed by atoms with Gasteiger partial charge in [0.1, 0.15) is 11.5 Å². The number of aryl methyl sites for hydroxylation is 1. The maximum Gasteiger partial charge on any atom is 0.573 e. The molecule has 4 heterocycles. The molecule has 1 aromatic heterocycles. The van der Waals surface area contributed by atoms with Gasteiger partial charge in [-0.2, -0.15) is 0 Å². The number of fused-ring (bicyclic) bond motifs is 3. The topological polar surface area (TPSA) is 83.0 Å². The average Bonchev–Trinajstić information content (AvgIpc) is 3.79. The lowest BCUT2D eigenvalue weighted by Gasteiger charge is -2.34. The van der Waals surface area contributed by atoms with Gasteiger partial charge >= 0.3 is 12.7 Å². The molecule has 3 atom stereocenters. The minimum atomic E-state index is -4.79. The number of piperazine rings is 2. The van der Waals surface area contributed by atoms with Crippen molar-refractivity contribution in [2.45, 2.75) is 63.3 Å². The van der Waals surface area contributed by atoms with E-state index in [2.05, 4.69) is 58.0 Å². The Kier molecular flexibility index (Phi) is 10.4. The summed E-state index contributed by atoms with van der Waals surface area (Å²) >= 11 is 0. The van der Waals surface area contributed by atoms with Crippen LogP contribution in [-0.2, 0) is 24.4 Å². The summed E-state index contributed by atoms with van der Waals surface area (Å²) in [6.07, 6.45) is -5.95. The summed E-state index contributed by atoms with van der Waals surface area (Å²) in [5.74, 6) is -0.518. The fourth-order valence-corrected chi connectivity index (χ4v) is 7.65. The lowest BCUT2D eigenvalue weighted by Crippen LogP contribution is -2.55. The first kappa shape index (κ1) is 36.1. The van der Waals surface area contributed by atoms with Gasteiger partial charge in [-0.3, -0.25) is 14.6 Å². The molecule has 15 heteroatoms. The average molecular weight is 731 g/mol. The molecule has 2 bridgehead atoms. The van der Waals surface area contributed by atoms with Crippen LogP contribution in [0, 0.1) is 0 Å². The van der Waals surface area contributed by atoms with Gasteiger partial charge in [0.05, 0.1) is 6.04 Å². The molecule has 0 saturated carbocycles. The molecule has 4 aromatic rings. The van der Waals surface area contributed by atoms with Crippen molar-refractivity contribution in [3.05, 3.63) is 84.1 Å². The Morgan fingerprint density at radius 1 is 0.865 bits per heavy atom.